The Morgan fingerprint density at radius 2 is 1.84 bits per heavy atom. The lowest BCUT2D eigenvalue weighted by Crippen LogP contribution is -2.44. The molecule has 0 aliphatic carbocycles. The second-order valence-electron chi connectivity index (χ2n) is 7.91. The molecule has 0 radical (unpaired) electrons. The second-order valence-corrected chi connectivity index (χ2v) is 10.8. The molecule has 0 saturated carbocycles. The average molecular weight is 490 g/mol. The molecule has 32 heavy (non-hydrogen) atoms. The van der Waals surface area contributed by atoms with Crippen molar-refractivity contribution in [2.24, 2.45) is 5.92 Å². The first-order valence-corrected chi connectivity index (χ1v) is 12.5. The minimum Gasteiger partial charge on any atom is -0.354 e. The maximum absolute atomic E-state index is 13.3. The molecule has 1 atom stereocenters. The van der Waals surface area contributed by atoms with Gasteiger partial charge >= 0.3 is 6.18 Å². The van der Waals surface area contributed by atoms with Crippen molar-refractivity contribution < 1.29 is 26.4 Å². The number of benzene rings is 1. The van der Waals surface area contributed by atoms with Crippen LogP contribution < -0.4 is 5.32 Å². The van der Waals surface area contributed by atoms with Gasteiger partial charge in [-0.25, -0.2) is 8.42 Å². The van der Waals surface area contributed by atoms with E-state index in [0.717, 1.165) is 27.4 Å². The normalized spacial score (nSPS) is 17.4. The lowest BCUT2D eigenvalue weighted by atomic mass is 9.97. The average Bonchev–Trinajstić information content (AvgIpc) is 3.27. The summed E-state index contributed by atoms with van der Waals surface area (Å²) in [4.78, 5) is 15.1. The summed E-state index contributed by atoms with van der Waals surface area (Å²) in [6, 6.07) is 8.16. The minimum absolute atomic E-state index is 0.00531. The highest BCUT2D eigenvalue weighted by molar-refractivity contribution is 7.89. The van der Waals surface area contributed by atoms with E-state index in [0.29, 0.717) is 6.54 Å². The van der Waals surface area contributed by atoms with Crippen LogP contribution in [0, 0.1) is 5.92 Å². The molecule has 1 aromatic heterocycles. The SMILES string of the molecule is CN(C)[C@H](CNC(=O)C1CCN(S(=O)(=O)c2ccccc2C(F)(F)F)CC1)c1cccs1. The summed E-state index contributed by atoms with van der Waals surface area (Å²) in [7, 11) is -0.457. The summed E-state index contributed by atoms with van der Waals surface area (Å²) in [6.45, 7) is 0.410. The molecule has 2 aromatic rings. The van der Waals surface area contributed by atoms with E-state index < -0.39 is 26.7 Å². The van der Waals surface area contributed by atoms with Crippen LogP contribution in [0.5, 0.6) is 0 Å². The zero-order chi connectivity index (χ0) is 23.5. The highest BCUT2D eigenvalue weighted by Gasteiger charge is 2.40. The van der Waals surface area contributed by atoms with Gasteiger partial charge in [0.1, 0.15) is 0 Å². The Morgan fingerprint density at radius 1 is 1.19 bits per heavy atom. The van der Waals surface area contributed by atoms with Gasteiger partial charge in [-0.1, -0.05) is 18.2 Å². The quantitative estimate of drug-likeness (QED) is 0.646. The molecule has 1 aliphatic heterocycles. The Kier molecular flexibility index (Phi) is 7.64. The van der Waals surface area contributed by atoms with Gasteiger partial charge in [-0.2, -0.15) is 17.5 Å². The number of nitrogens with one attached hydrogen (secondary N) is 1. The predicted octanol–water partition coefficient (Wildman–Crippen LogP) is 3.59. The molecule has 1 fully saturated rings. The van der Waals surface area contributed by atoms with E-state index in [9.17, 15) is 26.4 Å². The van der Waals surface area contributed by atoms with Gasteiger partial charge < -0.3 is 10.2 Å². The fourth-order valence-electron chi connectivity index (χ4n) is 3.78. The van der Waals surface area contributed by atoms with Gasteiger partial charge in [0.25, 0.3) is 0 Å². The molecule has 1 amide bonds. The zero-order valence-electron chi connectivity index (χ0n) is 17.8. The Balaban J connectivity index is 1.62. The number of carbonyl (C=O) groups excluding carboxylic acids is 1. The van der Waals surface area contributed by atoms with Crippen molar-refractivity contribution in [2.75, 3.05) is 33.7 Å². The number of likely N-dealkylation sites (N-methyl/N-ethyl adjacent to an activating group) is 1. The number of hydrogen-bond donors (Lipinski definition) is 1. The fraction of sp³-hybridized carbons (Fsp3) is 0.476. The molecule has 1 N–H and O–H groups in total. The molecular formula is C21H26F3N3O3S2. The zero-order valence-corrected chi connectivity index (χ0v) is 19.4. The Hall–Kier alpha value is -1.95. The number of amides is 1. The van der Waals surface area contributed by atoms with Crippen LogP contribution >= 0.6 is 11.3 Å². The van der Waals surface area contributed by atoms with Crippen LogP contribution in [0.15, 0.2) is 46.7 Å². The van der Waals surface area contributed by atoms with E-state index in [1.54, 1.807) is 11.3 Å². The van der Waals surface area contributed by atoms with Crippen LogP contribution in [-0.4, -0.2) is 57.3 Å². The molecule has 1 aliphatic rings. The maximum atomic E-state index is 13.3. The van der Waals surface area contributed by atoms with Crippen molar-refractivity contribution in [2.45, 2.75) is 30.0 Å². The molecule has 3 rings (SSSR count). The smallest absolute Gasteiger partial charge is 0.354 e. The number of rotatable bonds is 7. The van der Waals surface area contributed by atoms with Gasteiger partial charge in [0.2, 0.25) is 15.9 Å². The molecule has 176 valence electrons. The third-order valence-electron chi connectivity index (χ3n) is 5.60. The minimum atomic E-state index is -4.77. The lowest BCUT2D eigenvalue weighted by molar-refractivity contribution is -0.139. The molecular weight excluding hydrogens is 463 g/mol. The molecule has 11 heteroatoms. The summed E-state index contributed by atoms with van der Waals surface area (Å²) < 4.78 is 66.6. The number of halogens is 3. The van der Waals surface area contributed by atoms with Crippen LogP contribution in [0.25, 0.3) is 0 Å². The van der Waals surface area contributed by atoms with E-state index in [1.807, 2.05) is 36.5 Å². The third kappa shape index (κ3) is 5.51. The van der Waals surface area contributed by atoms with Gasteiger partial charge in [0.15, 0.2) is 0 Å². The van der Waals surface area contributed by atoms with E-state index >= 15 is 0 Å². The number of sulfonamides is 1. The number of hydrogen-bond acceptors (Lipinski definition) is 5. The number of nitrogens with zero attached hydrogens (tertiary/aromatic N) is 2. The number of piperidine rings is 1. The summed E-state index contributed by atoms with van der Waals surface area (Å²) in [5.74, 6) is -0.549. The van der Waals surface area contributed by atoms with Crippen molar-refractivity contribution in [3.8, 4) is 0 Å². The van der Waals surface area contributed by atoms with E-state index in [-0.39, 0.29) is 43.8 Å². The van der Waals surface area contributed by atoms with Gasteiger partial charge in [-0.3, -0.25) is 4.79 Å². The van der Waals surface area contributed by atoms with Crippen LogP contribution in [0.1, 0.15) is 29.3 Å². The van der Waals surface area contributed by atoms with Gasteiger partial charge in [-0.15, -0.1) is 11.3 Å². The predicted molar refractivity (Wildman–Crippen MR) is 117 cm³/mol. The largest absolute Gasteiger partial charge is 0.417 e. The Labute approximate surface area is 190 Å². The van der Waals surface area contributed by atoms with Crippen molar-refractivity contribution in [3.63, 3.8) is 0 Å². The maximum Gasteiger partial charge on any atom is 0.417 e. The molecule has 0 bridgehead atoms. The standard InChI is InChI=1S/C21H26F3N3O3S2/c1-26(2)17(18-7-5-13-31-18)14-25-20(28)15-9-11-27(12-10-15)32(29,30)19-8-4-3-6-16(19)21(22,23)24/h3-8,13,15,17H,9-12,14H2,1-2H3,(H,25,28)/t17-/m1/s1. The number of carbonyl (C=O) groups is 1. The first-order chi connectivity index (χ1) is 15.0. The first-order valence-electron chi connectivity index (χ1n) is 10.2. The number of thiophene rings is 1. The molecule has 1 aromatic carbocycles. The fourth-order valence-corrected chi connectivity index (χ4v) is 6.39. The van der Waals surface area contributed by atoms with Crippen LogP contribution in [0.2, 0.25) is 0 Å². The van der Waals surface area contributed by atoms with Crippen LogP contribution in [-0.2, 0) is 21.0 Å². The highest BCUT2D eigenvalue weighted by Crippen LogP contribution is 2.36. The Morgan fingerprint density at radius 3 is 2.41 bits per heavy atom. The third-order valence-corrected chi connectivity index (χ3v) is 8.53. The topological polar surface area (TPSA) is 69.7 Å². The van der Waals surface area contributed by atoms with Crippen molar-refractivity contribution in [1.29, 1.82) is 0 Å². The molecule has 0 spiro atoms. The van der Waals surface area contributed by atoms with Gasteiger partial charge in [-0.05, 0) is 50.5 Å². The molecule has 0 unspecified atom stereocenters. The first kappa shape index (κ1) is 24.7. The molecule has 1 saturated heterocycles. The summed E-state index contributed by atoms with van der Waals surface area (Å²) in [5, 5.41) is 4.92. The number of alkyl halides is 3. The Bertz CT molecular complexity index is 1020. The summed E-state index contributed by atoms with van der Waals surface area (Å²) in [6.07, 6.45) is -4.26. The van der Waals surface area contributed by atoms with Crippen LogP contribution in [0.4, 0.5) is 13.2 Å². The highest BCUT2D eigenvalue weighted by atomic mass is 32.2. The monoisotopic (exact) mass is 489 g/mol. The van der Waals surface area contributed by atoms with E-state index in [4.69, 9.17) is 0 Å². The second kappa shape index (κ2) is 9.90. The summed E-state index contributed by atoms with van der Waals surface area (Å²) >= 11 is 1.60. The lowest BCUT2D eigenvalue weighted by Gasteiger charge is -2.32. The van der Waals surface area contributed by atoms with E-state index in [2.05, 4.69) is 5.32 Å². The van der Waals surface area contributed by atoms with Crippen molar-refractivity contribution >= 4 is 27.3 Å². The van der Waals surface area contributed by atoms with Gasteiger partial charge in [0.05, 0.1) is 16.5 Å². The molecule has 6 nitrogen and oxygen atoms in total. The van der Waals surface area contributed by atoms with Crippen LogP contribution in [0.3, 0.4) is 0 Å². The van der Waals surface area contributed by atoms with E-state index in [1.165, 1.54) is 6.07 Å². The van der Waals surface area contributed by atoms with Gasteiger partial charge in [0, 0.05) is 30.4 Å². The van der Waals surface area contributed by atoms with Crippen molar-refractivity contribution in [1.82, 2.24) is 14.5 Å². The van der Waals surface area contributed by atoms with Crippen molar-refractivity contribution in [3.05, 3.63) is 52.2 Å². The summed E-state index contributed by atoms with van der Waals surface area (Å²) in [5.41, 5.74) is -1.18. The molecule has 2 heterocycles.